The molecule has 4 rings (SSSR count). The van der Waals surface area contributed by atoms with E-state index in [0.29, 0.717) is 43.0 Å². The first-order chi connectivity index (χ1) is 17.4. The molecule has 0 saturated carbocycles. The van der Waals surface area contributed by atoms with E-state index >= 15 is 0 Å². The highest BCUT2D eigenvalue weighted by Gasteiger charge is 2.39. The number of carbonyl (C=O) groups excluding carboxylic acids is 1. The molecular formula is C28H21Br2ClN2O3. The lowest BCUT2D eigenvalue weighted by Gasteiger charge is -2.27. The van der Waals surface area contributed by atoms with Crippen molar-refractivity contribution < 1.29 is 14.6 Å². The molecular weight excluding hydrogens is 608 g/mol. The van der Waals surface area contributed by atoms with Gasteiger partial charge in [-0.25, -0.2) is 5.43 Å². The summed E-state index contributed by atoms with van der Waals surface area (Å²) in [5.74, 6) is -0.0362. The van der Waals surface area contributed by atoms with Gasteiger partial charge in [0.15, 0.2) is 5.60 Å². The predicted octanol–water partition coefficient (Wildman–Crippen LogP) is 6.83. The molecule has 0 bridgehead atoms. The summed E-state index contributed by atoms with van der Waals surface area (Å²) in [6.45, 7) is 0.370. The van der Waals surface area contributed by atoms with Crippen LogP contribution in [0, 0.1) is 0 Å². The van der Waals surface area contributed by atoms with Crippen LogP contribution in [0.4, 0.5) is 0 Å². The molecule has 0 unspecified atom stereocenters. The van der Waals surface area contributed by atoms with Gasteiger partial charge in [0.2, 0.25) is 0 Å². The summed E-state index contributed by atoms with van der Waals surface area (Å²) in [4.78, 5) is 13.2. The first kappa shape index (κ1) is 26.1. The van der Waals surface area contributed by atoms with Crippen LogP contribution < -0.4 is 10.2 Å². The van der Waals surface area contributed by atoms with Crippen molar-refractivity contribution >= 4 is 55.6 Å². The van der Waals surface area contributed by atoms with Crippen molar-refractivity contribution in [2.75, 3.05) is 0 Å². The van der Waals surface area contributed by atoms with Gasteiger partial charge >= 0.3 is 0 Å². The molecule has 0 fully saturated rings. The predicted molar refractivity (Wildman–Crippen MR) is 149 cm³/mol. The second-order valence-corrected chi connectivity index (χ2v) is 10.0. The van der Waals surface area contributed by atoms with Gasteiger partial charge in [-0.15, -0.1) is 0 Å². The summed E-state index contributed by atoms with van der Waals surface area (Å²) in [6.07, 6.45) is 1.49. The number of rotatable bonds is 8. The molecule has 4 aromatic carbocycles. The van der Waals surface area contributed by atoms with Crippen LogP contribution in [-0.2, 0) is 17.0 Å². The molecule has 0 saturated heterocycles. The minimum Gasteiger partial charge on any atom is -0.487 e. The third kappa shape index (κ3) is 6.05. The van der Waals surface area contributed by atoms with Crippen molar-refractivity contribution in [1.29, 1.82) is 0 Å². The normalized spacial score (nSPS) is 11.4. The molecule has 4 aromatic rings. The molecule has 5 nitrogen and oxygen atoms in total. The zero-order valence-electron chi connectivity index (χ0n) is 18.9. The Kier molecular flexibility index (Phi) is 8.59. The van der Waals surface area contributed by atoms with E-state index in [1.807, 2.05) is 48.5 Å². The molecule has 0 atom stereocenters. The molecule has 0 radical (unpaired) electrons. The molecule has 0 heterocycles. The maximum atomic E-state index is 13.2. The van der Waals surface area contributed by atoms with Crippen LogP contribution in [0.2, 0.25) is 5.02 Å². The summed E-state index contributed by atoms with van der Waals surface area (Å²) in [5, 5.41) is 16.2. The lowest BCUT2D eigenvalue weighted by atomic mass is 9.85. The molecule has 182 valence electrons. The smallest absolute Gasteiger partial charge is 0.281 e. The topological polar surface area (TPSA) is 70.9 Å². The average Bonchev–Trinajstić information content (AvgIpc) is 2.89. The van der Waals surface area contributed by atoms with Crippen LogP contribution in [0.5, 0.6) is 5.75 Å². The summed E-state index contributed by atoms with van der Waals surface area (Å²) in [6, 6.07) is 28.6. The number of benzene rings is 4. The van der Waals surface area contributed by atoms with Gasteiger partial charge in [0.1, 0.15) is 12.4 Å². The largest absolute Gasteiger partial charge is 0.487 e. The van der Waals surface area contributed by atoms with Crippen LogP contribution in [0.25, 0.3) is 0 Å². The SMILES string of the molecule is O=C(N/N=C/c1cc(Br)c(OCc2ccc(Cl)cc2)c(Br)c1)C(O)(c1ccccc1)c1ccccc1. The highest BCUT2D eigenvalue weighted by molar-refractivity contribution is 9.11. The van der Waals surface area contributed by atoms with Gasteiger partial charge < -0.3 is 9.84 Å². The van der Waals surface area contributed by atoms with Crippen LogP contribution in [0.1, 0.15) is 22.3 Å². The number of nitrogens with zero attached hydrogens (tertiary/aromatic N) is 1. The van der Waals surface area contributed by atoms with E-state index < -0.39 is 11.5 Å². The van der Waals surface area contributed by atoms with Crippen molar-refractivity contribution in [1.82, 2.24) is 5.43 Å². The Bertz CT molecular complexity index is 1300. The summed E-state index contributed by atoms with van der Waals surface area (Å²) in [5.41, 5.74) is 3.15. The van der Waals surface area contributed by atoms with Gasteiger partial charge in [-0.2, -0.15) is 5.10 Å². The van der Waals surface area contributed by atoms with E-state index in [1.165, 1.54) is 6.21 Å². The molecule has 8 heteroatoms. The monoisotopic (exact) mass is 626 g/mol. The maximum Gasteiger partial charge on any atom is 0.281 e. The van der Waals surface area contributed by atoms with Gasteiger partial charge in [0, 0.05) is 5.02 Å². The molecule has 36 heavy (non-hydrogen) atoms. The van der Waals surface area contributed by atoms with E-state index in [2.05, 4.69) is 42.4 Å². The number of halogens is 3. The standard InChI is InChI=1S/C28H21Br2ClN2O3/c29-24-15-20(16-25(30)26(24)36-18-19-11-13-23(31)14-12-19)17-32-33-27(34)28(35,21-7-3-1-4-8-21)22-9-5-2-6-10-22/h1-17,35H,18H2,(H,33,34)/b32-17+. The van der Waals surface area contributed by atoms with E-state index in [1.54, 1.807) is 48.5 Å². The number of ether oxygens (including phenoxy) is 1. The van der Waals surface area contributed by atoms with Crippen molar-refractivity contribution in [3.8, 4) is 5.75 Å². The second-order valence-electron chi connectivity index (χ2n) is 7.87. The average molecular weight is 629 g/mol. The zero-order valence-corrected chi connectivity index (χ0v) is 22.8. The Morgan fingerprint density at radius 3 is 1.97 bits per heavy atom. The third-order valence-corrected chi connectivity index (χ3v) is 6.84. The fraction of sp³-hybridized carbons (Fsp3) is 0.0714. The molecule has 1 amide bonds. The number of nitrogens with one attached hydrogen (secondary N) is 1. The Labute approximate surface area is 231 Å². The van der Waals surface area contributed by atoms with Crippen LogP contribution in [-0.4, -0.2) is 17.2 Å². The number of hydrazone groups is 1. The van der Waals surface area contributed by atoms with E-state index in [9.17, 15) is 9.90 Å². The highest BCUT2D eigenvalue weighted by atomic mass is 79.9. The minimum atomic E-state index is -1.90. The van der Waals surface area contributed by atoms with Gasteiger partial charge in [0.05, 0.1) is 15.2 Å². The Morgan fingerprint density at radius 1 is 0.917 bits per heavy atom. The second kappa shape index (κ2) is 11.8. The quantitative estimate of drug-likeness (QED) is 0.166. The van der Waals surface area contributed by atoms with Crippen molar-refractivity contribution in [3.05, 3.63) is 133 Å². The van der Waals surface area contributed by atoms with Gasteiger partial charge in [-0.3, -0.25) is 4.79 Å². The fourth-order valence-electron chi connectivity index (χ4n) is 3.56. The lowest BCUT2D eigenvalue weighted by Crippen LogP contribution is -2.43. The number of hydrogen-bond acceptors (Lipinski definition) is 4. The van der Waals surface area contributed by atoms with Crippen molar-refractivity contribution in [2.24, 2.45) is 5.10 Å². The first-order valence-corrected chi connectivity index (χ1v) is 12.9. The number of aliphatic hydroxyl groups is 1. The Hall–Kier alpha value is -2.97. The Balaban J connectivity index is 1.49. The number of hydrogen-bond donors (Lipinski definition) is 2. The molecule has 0 aliphatic heterocycles. The summed E-state index contributed by atoms with van der Waals surface area (Å²) in [7, 11) is 0. The van der Waals surface area contributed by atoms with Crippen LogP contribution in [0.3, 0.4) is 0 Å². The lowest BCUT2D eigenvalue weighted by molar-refractivity contribution is -0.136. The minimum absolute atomic E-state index is 0.370. The summed E-state index contributed by atoms with van der Waals surface area (Å²) >= 11 is 13.0. The third-order valence-electron chi connectivity index (χ3n) is 5.41. The van der Waals surface area contributed by atoms with Crippen molar-refractivity contribution in [2.45, 2.75) is 12.2 Å². The number of amides is 1. The maximum absolute atomic E-state index is 13.2. The van der Waals surface area contributed by atoms with Crippen LogP contribution >= 0.6 is 43.5 Å². The first-order valence-electron chi connectivity index (χ1n) is 10.9. The van der Waals surface area contributed by atoms with Crippen LogP contribution in [0.15, 0.2) is 111 Å². The van der Waals surface area contributed by atoms with E-state index in [-0.39, 0.29) is 0 Å². The molecule has 0 aliphatic carbocycles. The Morgan fingerprint density at radius 2 is 1.44 bits per heavy atom. The zero-order chi connectivity index (χ0) is 25.5. The van der Waals surface area contributed by atoms with Gasteiger partial charge in [0.25, 0.3) is 5.91 Å². The van der Waals surface area contributed by atoms with Gasteiger partial charge in [-0.1, -0.05) is 84.4 Å². The summed E-state index contributed by atoms with van der Waals surface area (Å²) < 4.78 is 7.37. The fourth-order valence-corrected chi connectivity index (χ4v) is 5.14. The highest BCUT2D eigenvalue weighted by Crippen LogP contribution is 2.35. The number of carbonyl (C=O) groups is 1. The van der Waals surface area contributed by atoms with E-state index in [0.717, 1.165) is 5.56 Å². The molecule has 2 N–H and O–H groups in total. The molecule has 0 aliphatic rings. The van der Waals surface area contributed by atoms with Crippen molar-refractivity contribution in [3.63, 3.8) is 0 Å². The van der Waals surface area contributed by atoms with E-state index in [4.69, 9.17) is 16.3 Å². The molecule has 0 spiro atoms. The molecule has 0 aromatic heterocycles. The van der Waals surface area contributed by atoms with Gasteiger partial charge in [-0.05, 0) is 78.4 Å².